The lowest BCUT2D eigenvalue weighted by molar-refractivity contribution is -0.121. The van der Waals surface area contributed by atoms with Gasteiger partial charge in [-0.3, -0.25) is 14.5 Å². The van der Waals surface area contributed by atoms with E-state index in [-0.39, 0.29) is 11.1 Å². The molecule has 2 heterocycles. The Labute approximate surface area is 133 Å². The highest BCUT2D eigenvalue weighted by Crippen LogP contribution is 2.32. The van der Waals surface area contributed by atoms with Crippen molar-refractivity contribution < 1.29 is 14.3 Å². The molecular weight excluding hydrogens is 300 g/mol. The Hall–Kier alpha value is -1.79. The summed E-state index contributed by atoms with van der Waals surface area (Å²) in [6, 6.07) is 6.18. The first-order valence-corrected chi connectivity index (χ1v) is 8.03. The molecule has 0 saturated carbocycles. The first-order valence-electron chi connectivity index (χ1n) is 7.21. The summed E-state index contributed by atoms with van der Waals surface area (Å²) in [6.45, 7) is 5.32. The number of morpholine rings is 1. The Kier molecular flexibility index (Phi) is 4.22. The van der Waals surface area contributed by atoms with Crippen LogP contribution in [-0.2, 0) is 9.53 Å². The minimum atomic E-state index is -0.230. The van der Waals surface area contributed by atoms with Crippen LogP contribution in [0.25, 0.3) is 6.08 Å². The van der Waals surface area contributed by atoms with Crippen molar-refractivity contribution in [2.75, 3.05) is 38.3 Å². The summed E-state index contributed by atoms with van der Waals surface area (Å²) >= 11 is 0.989. The molecule has 0 radical (unpaired) electrons. The Bertz CT molecular complexity index is 651. The van der Waals surface area contributed by atoms with Crippen LogP contribution in [0.3, 0.4) is 0 Å². The normalized spacial score (nSPS) is 21.1. The smallest absolute Gasteiger partial charge is 0.293 e. The Morgan fingerprint density at radius 3 is 2.55 bits per heavy atom. The summed E-state index contributed by atoms with van der Waals surface area (Å²) in [4.78, 5) is 27.4. The maximum atomic E-state index is 11.9. The minimum absolute atomic E-state index is 0.223. The monoisotopic (exact) mass is 318 g/mol. The van der Waals surface area contributed by atoms with Gasteiger partial charge in [0.05, 0.1) is 18.1 Å². The molecule has 0 spiro atoms. The Balaban J connectivity index is 1.84. The fourth-order valence-electron chi connectivity index (χ4n) is 2.53. The predicted octanol–water partition coefficient (Wildman–Crippen LogP) is 2.50. The van der Waals surface area contributed by atoms with Crippen LogP contribution in [0.2, 0.25) is 0 Å². The van der Waals surface area contributed by atoms with E-state index in [9.17, 15) is 9.59 Å². The zero-order chi connectivity index (χ0) is 15.7. The lowest BCUT2D eigenvalue weighted by atomic mass is 10.1. The van der Waals surface area contributed by atoms with Crippen LogP contribution < -0.4 is 4.90 Å². The molecule has 1 aromatic carbocycles. The molecule has 3 rings (SSSR count). The van der Waals surface area contributed by atoms with Crippen LogP contribution in [0.1, 0.15) is 11.1 Å². The number of carbonyl (C=O) groups excluding carboxylic acids is 2. The molecule has 2 amide bonds. The van der Waals surface area contributed by atoms with Gasteiger partial charge in [0, 0.05) is 25.8 Å². The van der Waals surface area contributed by atoms with Crippen molar-refractivity contribution in [1.29, 1.82) is 0 Å². The van der Waals surface area contributed by atoms with Crippen molar-refractivity contribution in [1.82, 2.24) is 4.90 Å². The van der Waals surface area contributed by atoms with E-state index in [1.54, 1.807) is 6.08 Å². The quantitative estimate of drug-likeness (QED) is 0.784. The van der Waals surface area contributed by atoms with Gasteiger partial charge < -0.3 is 9.64 Å². The van der Waals surface area contributed by atoms with Crippen LogP contribution >= 0.6 is 11.8 Å². The number of ether oxygens (including phenoxy) is 1. The van der Waals surface area contributed by atoms with E-state index in [1.807, 2.05) is 13.0 Å². The topological polar surface area (TPSA) is 49.9 Å². The molecule has 116 valence electrons. The van der Waals surface area contributed by atoms with E-state index in [0.29, 0.717) is 4.91 Å². The fourth-order valence-corrected chi connectivity index (χ4v) is 3.34. The maximum absolute atomic E-state index is 11.9. The number of hydrogen-bond donors (Lipinski definition) is 0. The number of likely N-dealkylation sites (N-methyl/N-ethyl adjacent to an activating group) is 1. The molecule has 0 N–H and O–H groups in total. The van der Waals surface area contributed by atoms with Gasteiger partial charge in [0.1, 0.15) is 0 Å². The van der Waals surface area contributed by atoms with Crippen molar-refractivity contribution in [2.45, 2.75) is 6.92 Å². The van der Waals surface area contributed by atoms with E-state index in [1.165, 1.54) is 12.7 Å². The maximum Gasteiger partial charge on any atom is 0.293 e. The zero-order valence-corrected chi connectivity index (χ0v) is 13.5. The summed E-state index contributed by atoms with van der Waals surface area (Å²) in [6.07, 6.45) is 1.80. The van der Waals surface area contributed by atoms with E-state index in [4.69, 9.17) is 4.74 Å². The number of amides is 2. The molecule has 6 heteroatoms. The van der Waals surface area contributed by atoms with Crippen molar-refractivity contribution in [3.05, 3.63) is 34.2 Å². The molecular formula is C16H18N2O3S. The number of nitrogens with zero attached hydrogens (tertiary/aromatic N) is 2. The molecule has 0 atom stereocenters. The van der Waals surface area contributed by atoms with Gasteiger partial charge in [-0.15, -0.1) is 0 Å². The lowest BCUT2D eigenvalue weighted by Crippen LogP contribution is -2.36. The van der Waals surface area contributed by atoms with Gasteiger partial charge in [-0.25, -0.2) is 0 Å². The Morgan fingerprint density at radius 1 is 1.23 bits per heavy atom. The van der Waals surface area contributed by atoms with E-state index in [2.05, 4.69) is 17.0 Å². The highest BCUT2D eigenvalue weighted by Gasteiger charge is 2.31. The third-order valence-corrected chi connectivity index (χ3v) is 4.86. The summed E-state index contributed by atoms with van der Waals surface area (Å²) < 4.78 is 5.37. The van der Waals surface area contributed by atoms with Crippen LogP contribution in [0.4, 0.5) is 10.5 Å². The molecule has 22 heavy (non-hydrogen) atoms. The largest absolute Gasteiger partial charge is 0.378 e. The lowest BCUT2D eigenvalue weighted by Gasteiger charge is -2.29. The standard InChI is InChI=1S/C16H18N2O3S/c1-11-9-13(18-5-7-21-8-6-18)4-3-12(11)10-14-15(19)17(2)16(20)22-14/h3-4,9-10H,5-8H2,1-2H3/b14-10-. The van der Waals surface area contributed by atoms with Crippen LogP contribution in [0, 0.1) is 6.92 Å². The number of imide groups is 1. The number of benzene rings is 1. The molecule has 0 aliphatic carbocycles. The van der Waals surface area contributed by atoms with Crippen molar-refractivity contribution in [2.24, 2.45) is 0 Å². The van der Waals surface area contributed by atoms with Gasteiger partial charge >= 0.3 is 0 Å². The highest BCUT2D eigenvalue weighted by atomic mass is 32.2. The highest BCUT2D eigenvalue weighted by molar-refractivity contribution is 8.18. The SMILES string of the molecule is Cc1cc(N2CCOCC2)ccc1/C=C1\SC(=O)N(C)C1=O. The van der Waals surface area contributed by atoms with E-state index >= 15 is 0 Å². The first kappa shape index (κ1) is 15.1. The van der Waals surface area contributed by atoms with Crippen LogP contribution in [-0.4, -0.2) is 49.4 Å². The number of rotatable bonds is 2. The number of thioether (sulfide) groups is 1. The molecule has 5 nitrogen and oxygen atoms in total. The minimum Gasteiger partial charge on any atom is -0.378 e. The molecule has 2 saturated heterocycles. The van der Waals surface area contributed by atoms with Gasteiger partial charge in [-0.2, -0.15) is 0 Å². The number of carbonyl (C=O) groups is 2. The average molecular weight is 318 g/mol. The molecule has 2 aliphatic rings. The fraction of sp³-hybridized carbons (Fsp3) is 0.375. The third-order valence-electron chi connectivity index (χ3n) is 3.90. The van der Waals surface area contributed by atoms with E-state index in [0.717, 1.165) is 54.1 Å². The second-order valence-corrected chi connectivity index (χ2v) is 6.37. The third kappa shape index (κ3) is 2.89. The van der Waals surface area contributed by atoms with Gasteiger partial charge in [-0.05, 0) is 48.0 Å². The molecule has 0 bridgehead atoms. The average Bonchev–Trinajstić information content (AvgIpc) is 2.77. The van der Waals surface area contributed by atoms with Gasteiger partial charge in [0.25, 0.3) is 11.1 Å². The summed E-state index contributed by atoms with van der Waals surface area (Å²) in [7, 11) is 1.51. The van der Waals surface area contributed by atoms with Crippen LogP contribution in [0.5, 0.6) is 0 Å². The van der Waals surface area contributed by atoms with Crippen molar-refractivity contribution in [3.63, 3.8) is 0 Å². The van der Waals surface area contributed by atoms with Crippen molar-refractivity contribution >= 4 is 34.7 Å². The molecule has 2 aliphatic heterocycles. The van der Waals surface area contributed by atoms with E-state index < -0.39 is 0 Å². The van der Waals surface area contributed by atoms with Gasteiger partial charge in [0.15, 0.2) is 0 Å². The zero-order valence-electron chi connectivity index (χ0n) is 12.7. The molecule has 2 fully saturated rings. The number of aryl methyl sites for hydroxylation is 1. The summed E-state index contributed by atoms with van der Waals surface area (Å²) in [5, 5.41) is -0.223. The molecule has 0 aromatic heterocycles. The molecule has 0 unspecified atom stereocenters. The second kappa shape index (κ2) is 6.14. The summed E-state index contributed by atoms with van der Waals surface area (Å²) in [5.74, 6) is -0.230. The summed E-state index contributed by atoms with van der Waals surface area (Å²) in [5.41, 5.74) is 3.23. The predicted molar refractivity (Wildman–Crippen MR) is 87.9 cm³/mol. The first-order chi connectivity index (χ1) is 10.6. The van der Waals surface area contributed by atoms with Gasteiger partial charge in [0.2, 0.25) is 0 Å². The number of anilines is 1. The Morgan fingerprint density at radius 2 is 1.95 bits per heavy atom. The second-order valence-electron chi connectivity index (χ2n) is 5.38. The number of hydrogen-bond acceptors (Lipinski definition) is 5. The molecule has 1 aromatic rings. The van der Waals surface area contributed by atoms with Gasteiger partial charge in [-0.1, -0.05) is 6.07 Å². The van der Waals surface area contributed by atoms with Crippen LogP contribution in [0.15, 0.2) is 23.1 Å². The van der Waals surface area contributed by atoms with Crippen molar-refractivity contribution in [3.8, 4) is 0 Å².